The molecule has 0 fully saturated rings. The molecule has 2 unspecified atom stereocenters. The van der Waals surface area contributed by atoms with Gasteiger partial charge >= 0.3 is 5.97 Å². The molecule has 112 valence electrons. The van der Waals surface area contributed by atoms with Crippen molar-refractivity contribution in [2.75, 3.05) is 6.73 Å². The zero-order valence-corrected chi connectivity index (χ0v) is 12.6. The van der Waals surface area contributed by atoms with Gasteiger partial charge in [-0.25, -0.2) is 0 Å². The molecule has 4 nitrogen and oxygen atoms in total. The van der Waals surface area contributed by atoms with Crippen LogP contribution in [0.2, 0.25) is 0 Å². The second-order valence-corrected chi connectivity index (χ2v) is 4.95. The van der Waals surface area contributed by atoms with Crippen LogP contribution in [0.1, 0.15) is 46.0 Å². The van der Waals surface area contributed by atoms with Crippen LogP contribution >= 0.6 is 0 Å². The van der Waals surface area contributed by atoms with E-state index in [1.807, 2.05) is 12.3 Å². The lowest BCUT2D eigenvalue weighted by atomic mass is 9.93. The minimum absolute atomic E-state index is 0.191. The summed E-state index contributed by atoms with van der Waals surface area (Å²) < 4.78 is 5.01. The summed E-state index contributed by atoms with van der Waals surface area (Å²) in [5.41, 5.74) is 0. The highest BCUT2D eigenvalue weighted by Crippen LogP contribution is 2.15. The van der Waals surface area contributed by atoms with Crippen LogP contribution in [0.5, 0.6) is 0 Å². The average Bonchev–Trinajstić information content (AvgIpc) is 2.43. The first-order valence-electron chi connectivity index (χ1n) is 7.15. The van der Waals surface area contributed by atoms with Crippen molar-refractivity contribution in [1.82, 2.24) is 5.32 Å². The molecule has 0 amide bonds. The van der Waals surface area contributed by atoms with Crippen LogP contribution in [0.25, 0.3) is 0 Å². The van der Waals surface area contributed by atoms with Crippen molar-refractivity contribution in [2.24, 2.45) is 11.8 Å². The van der Waals surface area contributed by atoms with Crippen molar-refractivity contribution in [3.63, 3.8) is 0 Å². The van der Waals surface area contributed by atoms with Gasteiger partial charge in [-0.3, -0.25) is 4.79 Å². The maximum atomic E-state index is 11.3. The van der Waals surface area contributed by atoms with E-state index >= 15 is 0 Å². The Hall–Kier alpha value is -1.76. The van der Waals surface area contributed by atoms with E-state index in [0.29, 0.717) is 31.1 Å². The minimum atomic E-state index is -0.225. The van der Waals surface area contributed by atoms with Gasteiger partial charge in [-0.1, -0.05) is 26.0 Å². The van der Waals surface area contributed by atoms with Gasteiger partial charge in [-0.15, -0.1) is 6.58 Å². The van der Waals surface area contributed by atoms with Gasteiger partial charge in [0.1, 0.15) is 0 Å². The number of nitrogens with zero attached hydrogens (tertiary/aromatic N) is 1. The summed E-state index contributed by atoms with van der Waals surface area (Å²) in [6.07, 6.45) is 9.13. The van der Waals surface area contributed by atoms with Gasteiger partial charge in [0, 0.05) is 12.8 Å². The predicted octanol–water partition coefficient (Wildman–Crippen LogP) is 3.52. The first-order chi connectivity index (χ1) is 9.61. The lowest BCUT2D eigenvalue weighted by molar-refractivity contribution is -0.144. The van der Waals surface area contributed by atoms with Crippen molar-refractivity contribution in [2.45, 2.75) is 46.0 Å². The van der Waals surface area contributed by atoms with Gasteiger partial charge in [-0.2, -0.15) is 5.26 Å². The second kappa shape index (κ2) is 12.3. The fourth-order valence-electron chi connectivity index (χ4n) is 1.60. The number of nitrogens with one attached hydrogen (secondary N) is 1. The Morgan fingerprint density at radius 3 is 2.85 bits per heavy atom. The van der Waals surface area contributed by atoms with Crippen LogP contribution < -0.4 is 5.32 Å². The summed E-state index contributed by atoms with van der Waals surface area (Å²) in [5, 5.41) is 11.3. The number of hydrogen-bond donors (Lipinski definition) is 1. The van der Waals surface area contributed by atoms with Crippen LogP contribution in [0.15, 0.2) is 24.9 Å². The third-order valence-corrected chi connectivity index (χ3v) is 3.19. The third kappa shape index (κ3) is 10.2. The van der Waals surface area contributed by atoms with Gasteiger partial charge in [0.25, 0.3) is 0 Å². The fourth-order valence-corrected chi connectivity index (χ4v) is 1.60. The number of carbonyl (C=O) groups is 1. The van der Waals surface area contributed by atoms with Gasteiger partial charge in [0.05, 0.1) is 6.07 Å². The van der Waals surface area contributed by atoms with Gasteiger partial charge in [-0.05, 0) is 37.3 Å². The molecule has 0 aliphatic heterocycles. The Balaban J connectivity index is 3.62. The summed E-state index contributed by atoms with van der Waals surface area (Å²) in [4.78, 5) is 11.3. The molecule has 0 aliphatic carbocycles. The lowest BCUT2D eigenvalue weighted by Crippen LogP contribution is -2.16. The molecule has 0 heterocycles. The summed E-state index contributed by atoms with van der Waals surface area (Å²) in [6.45, 7) is 8.25. The zero-order valence-electron chi connectivity index (χ0n) is 12.6. The Bertz CT molecular complexity index is 345. The minimum Gasteiger partial charge on any atom is -0.444 e. The van der Waals surface area contributed by atoms with Crippen LogP contribution in [0.3, 0.4) is 0 Å². The van der Waals surface area contributed by atoms with E-state index in [2.05, 4.69) is 37.9 Å². The summed E-state index contributed by atoms with van der Waals surface area (Å²) in [6, 6.07) is 2.05. The zero-order chi connectivity index (χ0) is 15.2. The molecule has 20 heavy (non-hydrogen) atoms. The molecule has 1 N–H and O–H groups in total. The number of nitriles is 1. The normalized spacial score (nSPS) is 13.4. The first kappa shape index (κ1) is 18.2. The SMILES string of the molecule is C=CCC(C)C(C)/C=C/NCOC(=O)CCCCC#N. The smallest absolute Gasteiger partial charge is 0.307 e. The van der Waals surface area contributed by atoms with Crippen LogP contribution in [-0.2, 0) is 9.53 Å². The van der Waals surface area contributed by atoms with Crippen LogP contribution in [0, 0.1) is 23.2 Å². The van der Waals surface area contributed by atoms with E-state index in [1.165, 1.54) is 0 Å². The van der Waals surface area contributed by atoms with Gasteiger partial charge in [0.15, 0.2) is 6.73 Å². The van der Waals surface area contributed by atoms with E-state index in [-0.39, 0.29) is 12.7 Å². The first-order valence-corrected chi connectivity index (χ1v) is 7.15. The number of unbranched alkanes of at least 4 members (excludes halogenated alkanes) is 2. The van der Waals surface area contributed by atoms with Crippen molar-refractivity contribution in [1.29, 1.82) is 5.26 Å². The molecule has 0 saturated heterocycles. The molecular weight excluding hydrogens is 252 g/mol. The van der Waals surface area contributed by atoms with Crippen LogP contribution in [-0.4, -0.2) is 12.7 Å². The molecule has 0 aromatic rings. The second-order valence-electron chi connectivity index (χ2n) is 4.95. The summed E-state index contributed by atoms with van der Waals surface area (Å²) in [5.74, 6) is 0.771. The monoisotopic (exact) mass is 278 g/mol. The predicted molar refractivity (Wildman–Crippen MR) is 80.5 cm³/mol. The molecule has 0 aromatic heterocycles. The van der Waals surface area contributed by atoms with E-state index in [4.69, 9.17) is 10.00 Å². The number of esters is 1. The van der Waals surface area contributed by atoms with Crippen molar-refractivity contribution in [3.05, 3.63) is 24.9 Å². The molecular formula is C16H26N2O2. The van der Waals surface area contributed by atoms with Crippen LogP contribution in [0.4, 0.5) is 0 Å². The number of carbonyl (C=O) groups excluding carboxylic acids is 1. The highest BCUT2D eigenvalue weighted by Gasteiger charge is 2.06. The number of allylic oxidation sites excluding steroid dienone is 2. The van der Waals surface area contributed by atoms with E-state index in [0.717, 1.165) is 12.8 Å². The number of hydrogen-bond acceptors (Lipinski definition) is 4. The topological polar surface area (TPSA) is 62.1 Å². The largest absolute Gasteiger partial charge is 0.444 e. The molecule has 0 spiro atoms. The maximum Gasteiger partial charge on any atom is 0.307 e. The van der Waals surface area contributed by atoms with E-state index in [9.17, 15) is 4.79 Å². The molecule has 4 heteroatoms. The molecule has 2 atom stereocenters. The standard InChI is InChI=1S/C16H26N2O2/c1-4-8-14(2)15(3)10-12-18-13-20-16(19)9-6-5-7-11-17/h4,10,12,14-15,18H,1,5-9,13H2,2-3H3/b12-10+. The Morgan fingerprint density at radius 1 is 1.45 bits per heavy atom. The quantitative estimate of drug-likeness (QED) is 0.272. The molecule has 0 saturated carbocycles. The van der Waals surface area contributed by atoms with E-state index < -0.39 is 0 Å². The molecule has 0 bridgehead atoms. The number of rotatable bonds is 11. The Morgan fingerprint density at radius 2 is 2.20 bits per heavy atom. The highest BCUT2D eigenvalue weighted by atomic mass is 16.5. The molecule has 0 rings (SSSR count). The third-order valence-electron chi connectivity index (χ3n) is 3.19. The van der Waals surface area contributed by atoms with Crippen molar-refractivity contribution < 1.29 is 9.53 Å². The van der Waals surface area contributed by atoms with E-state index in [1.54, 1.807) is 0 Å². The maximum absolute atomic E-state index is 11.3. The lowest BCUT2D eigenvalue weighted by Gasteiger charge is -2.14. The van der Waals surface area contributed by atoms with Crippen molar-refractivity contribution in [3.8, 4) is 6.07 Å². The van der Waals surface area contributed by atoms with Gasteiger partial charge < -0.3 is 10.1 Å². The average molecular weight is 278 g/mol. The Labute approximate surface area is 122 Å². The van der Waals surface area contributed by atoms with Gasteiger partial charge in [0.2, 0.25) is 0 Å². The molecule has 0 radical (unpaired) electrons. The Kier molecular flexibility index (Phi) is 11.2. The van der Waals surface area contributed by atoms with Crippen molar-refractivity contribution >= 4 is 5.97 Å². The summed E-state index contributed by atoms with van der Waals surface area (Å²) >= 11 is 0. The summed E-state index contributed by atoms with van der Waals surface area (Å²) in [7, 11) is 0. The molecule has 0 aliphatic rings. The fraction of sp³-hybridized carbons (Fsp3) is 0.625. The highest BCUT2D eigenvalue weighted by molar-refractivity contribution is 5.69. The number of ether oxygens (including phenoxy) is 1. The molecule has 0 aromatic carbocycles.